The predicted molar refractivity (Wildman–Crippen MR) is 116 cm³/mol. The van der Waals surface area contributed by atoms with E-state index in [1.807, 2.05) is 85.8 Å². The minimum atomic E-state index is -0.148. The van der Waals surface area contributed by atoms with Crippen molar-refractivity contribution in [2.75, 3.05) is 7.11 Å². The van der Waals surface area contributed by atoms with Crippen LogP contribution < -0.4 is 14.8 Å². The summed E-state index contributed by atoms with van der Waals surface area (Å²) in [6.07, 6.45) is 3.29. The van der Waals surface area contributed by atoms with Gasteiger partial charge in [0.05, 0.1) is 13.2 Å². The lowest BCUT2D eigenvalue weighted by Gasteiger charge is -2.13. The normalized spacial score (nSPS) is 11.8. The van der Waals surface area contributed by atoms with E-state index in [4.69, 9.17) is 9.47 Å². The summed E-state index contributed by atoms with van der Waals surface area (Å²) < 4.78 is 11.3. The summed E-state index contributed by atoms with van der Waals surface area (Å²) in [5, 5.41) is 2.96. The third kappa shape index (κ3) is 5.98. The summed E-state index contributed by atoms with van der Waals surface area (Å²) in [4.78, 5) is 12.2. The fourth-order valence-corrected chi connectivity index (χ4v) is 2.90. The first-order valence-electron chi connectivity index (χ1n) is 9.54. The van der Waals surface area contributed by atoms with Gasteiger partial charge in [-0.3, -0.25) is 4.79 Å². The number of amides is 1. The molecule has 4 nitrogen and oxygen atoms in total. The van der Waals surface area contributed by atoms with Gasteiger partial charge in [-0.1, -0.05) is 66.7 Å². The van der Waals surface area contributed by atoms with Crippen molar-refractivity contribution in [3.8, 4) is 11.5 Å². The van der Waals surface area contributed by atoms with Crippen molar-refractivity contribution in [2.24, 2.45) is 0 Å². The van der Waals surface area contributed by atoms with Gasteiger partial charge in [-0.2, -0.15) is 0 Å². The van der Waals surface area contributed by atoms with E-state index >= 15 is 0 Å². The second-order valence-electron chi connectivity index (χ2n) is 6.66. The van der Waals surface area contributed by atoms with Crippen LogP contribution in [0.3, 0.4) is 0 Å². The highest BCUT2D eigenvalue weighted by atomic mass is 16.5. The van der Waals surface area contributed by atoms with Crippen LogP contribution >= 0.6 is 0 Å². The Balaban J connectivity index is 1.61. The average Bonchev–Trinajstić information content (AvgIpc) is 2.77. The molecule has 0 aromatic heterocycles. The van der Waals surface area contributed by atoms with Crippen molar-refractivity contribution < 1.29 is 14.3 Å². The van der Waals surface area contributed by atoms with E-state index in [9.17, 15) is 4.79 Å². The molecule has 1 atom stereocenters. The summed E-state index contributed by atoms with van der Waals surface area (Å²) in [5.41, 5.74) is 3.01. The van der Waals surface area contributed by atoms with E-state index in [1.54, 1.807) is 13.2 Å². The zero-order valence-electron chi connectivity index (χ0n) is 16.7. The molecule has 4 heteroatoms. The predicted octanol–water partition coefficient (Wildman–Crippen LogP) is 5.16. The molecule has 3 aromatic carbocycles. The quantitative estimate of drug-likeness (QED) is 0.543. The fourth-order valence-electron chi connectivity index (χ4n) is 2.90. The lowest BCUT2D eigenvalue weighted by molar-refractivity contribution is -0.117. The number of ether oxygens (including phenoxy) is 2. The Bertz CT molecular complexity index is 952. The van der Waals surface area contributed by atoms with Crippen LogP contribution in [0.25, 0.3) is 6.08 Å². The van der Waals surface area contributed by atoms with Crippen LogP contribution in [0.5, 0.6) is 11.5 Å². The highest BCUT2D eigenvalue weighted by molar-refractivity contribution is 5.92. The molecule has 0 bridgehead atoms. The zero-order valence-corrected chi connectivity index (χ0v) is 16.7. The van der Waals surface area contributed by atoms with Gasteiger partial charge >= 0.3 is 0 Å². The third-order valence-electron chi connectivity index (χ3n) is 4.51. The molecule has 0 spiro atoms. The summed E-state index contributed by atoms with van der Waals surface area (Å²) in [7, 11) is 1.60. The van der Waals surface area contributed by atoms with Crippen molar-refractivity contribution in [1.82, 2.24) is 5.32 Å². The highest BCUT2D eigenvalue weighted by Gasteiger charge is 2.08. The summed E-state index contributed by atoms with van der Waals surface area (Å²) >= 11 is 0. The second kappa shape index (κ2) is 10.1. The Morgan fingerprint density at radius 3 is 2.34 bits per heavy atom. The van der Waals surface area contributed by atoms with Gasteiger partial charge in [0.2, 0.25) is 5.91 Å². The standard InChI is InChI=1S/C25H25NO3/c1-19(22-11-7-4-8-12-22)26-25(27)16-14-20-13-15-23(24(17-20)28-2)29-18-21-9-5-3-6-10-21/h3-17,19H,18H2,1-2H3,(H,26,27)/b16-14+/t19-/m1/s1. The molecule has 0 fully saturated rings. The number of rotatable bonds is 8. The summed E-state index contributed by atoms with van der Waals surface area (Å²) in [6.45, 7) is 2.43. The number of carbonyl (C=O) groups is 1. The largest absolute Gasteiger partial charge is 0.493 e. The molecule has 29 heavy (non-hydrogen) atoms. The van der Waals surface area contributed by atoms with Crippen molar-refractivity contribution in [3.05, 3.63) is 102 Å². The topological polar surface area (TPSA) is 47.6 Å². The Hall–Kier alpha value is -3.53. The number of nitrogens with one attached hydrogen (secondary N) is 1. The van der Waals surface area contributed by atoms with Gasteiger partial charge in [0.25, 0.3) is 0 Å². The van der Waals surface area contributed by atoms with E-state index in [2.05, 4.69) is 5.32 Å². The molecule has 0 saturated carbocycles. The van der Waals surface area contributed by atoms with Crippen LogP contribution in [-0.2, 0) is 11.4 Å². The van der Waals surface area contributed by atoms with Crippen LogP contribution in [0.15, 0.2) is 84.9 Å². The third-order valence-corrected chi connectivity index (χ3v) is 4.51. The van der Waals surface area contributed by atoms with E-state index < -0.39 is 0 Å². The molecule has 0 aliphatic heterocycles. The minimum Gasteiger partial charge on any atom is -0.493 e. The van der Waals surface area contributed by atoms with Crippen molar-refractivity contribution in [2.45, 2.75) is 19.6 Å². The van der Waals surface area contributed by atoms with Crippen molar-refractivity contribution in [1.29, 1.82) is 0 Å². The zero-order chi connectivity index (χ0) is 20.5. The lowest BCUT2D eigenvalue weighted by Crippen LogP contribution is -2.24. The molecule has 0 aliphatic carbocycles. The van der Waals surface area contributed by atoms with E-state index in [1.165, 1.54) is 6.08 Å². The number of benzene rings is 3. The summed E-state index contributed by atoms with van der Waals surface area (Å²) in [6, 6.07) is 25.4. The minimum absolute atomic E-state index is 0.0587. The molecule has 148 valence electrons. The van der Waals surface area contributed by atoms with E-state index in [0.29, 0.717) is 18.1 Å². The molecular formula is C25H25NO3. The van der Waals surface area contributed by atoms with Gasteiger partial charge in [0, 0.05) is 6.08 Å². The smallest absolute Gasteiger partial charge is 0.244 e. The molecule has 0 radical (unpaired) electrons. The maximum absolute atomic E-state index is 12.2. The first-order chi connectivity index (χ1) is 14.2. The van der Waals surface area contributed by atoms with Crippen molar-refractivity contribution in [3.63, 3.8) is 0 Å². The molecular weight excluding hydrogens is 362 g/mol. The Kier molecular flexibility index (Phi) is 7.06. The van der Waals surface area contributed by atoms with Crippen LogP contribution in [0.4, 0.5) is 0 Å². The maximum Gasteiger partial charge on any atom is 0.244 e. The molecule has 1 amide bonds. The van der Waals surface area contributed by atoms with Crippen LogP contribution in [-0.4, -0.2) is 13.0 Å². The molecule has 1 N–H and O–H groups in total. The van der Waals surface area contributed by atoms with Crippen LogP contribution in [0, 0.1) is 0 Å². The van der Waals surface area contributed by atoms with E-state index in [-0.39, 0.29) is 11.9 Å². The Labute approximate surface area is 171 Å². The monoisotopic (exact) mass is 387 g/mol. The molecule has 3 aromatic rings. The van der Waals surface area contributed by atoms with Gasteiger partial charge in [0.15, 0.2) is 11.5 Å². The van der Waals surface area contributed by atoms with Crippen LogP contribution in [0.2, 0.25) is 0 Å². The first-order valence-corrected chi connectivity index (χ1v) is 9.54. The number of hydrogen-bond acceptors (Lipinski definition) is 3. The molecule has 3 rings (SSSR count). The van der Waals surface area contributed by atoms with Gasteiger partial charge in [-0.25, -0.2) is 0 Å². The highest BCUT2D eigenvalue weighted by Crippen LogP contribution is 2.29. The fraction of sp³-hybridized carbons (Fsp3) is 0.160. The lowest BCUT2D eigenvalue weighted by atomic mass is 10.1. The second-order valence-corrected chi connectivity index (χ2v) is 6.66. The van der Waals surface area contributed by atoms with Gasteiger partial charge in [0.1, 0.15) is 6.61 Å². The van der Waals surface area contributed by atoms with Gasteiger partial charge in [-0.05, 0) is 41.8 Å². The maximum atomic E-state index is 12.2. The van der Waals surface area contributed by atoms with Gasteiger partial charge in [-0.15, -0.1) is 0 Å². The van der Waals surface area contributed by atoms with E-state index in [0.717, 1.165) is 16.7 Å². The molecule has 0 unspecified atom stereocenters. The molecule has 0 heterocycles. The summed E-state index contributed by atoms with van der Waals surface area (Å²) in [5.74, 6) is 1.14. The Morgan fingerprint density at radius 1 is 0.966 bits per heavy atom. The Morgan fingerprint density at radius 2 is 1.66 bits per heavy atom. The van der Waals surface area contributed by atoms with Gasteiger partial charge < -0.3 is 14.8 Å². The number of hydrogen-bond donors (Lipinski definition) is 1. The molecule has 0 saturated heterocycles. The van der Waals surface area contributed by atoms with Crippen molar-refractivity contribution >= 4 is 12.0 Å². The first kappa shape index (κ1) is 20.2. The van der Waals surface area contributed by atoms with Crippen LogP contribution in [0.1, 0.15) is 29.7 Å². The molecule has 0 aliphatic rings. The SMILES string of the molecule is COc1cc(/C=C/C(=O)N[C@H](C)c2ccccc2)ccc1OCc1ccccc1. The number of methoxy groups -OCH3 is 1. The average molecular weight is 387 g/mol. The number of carbonyl (C=O) groups excluding carboxylic acids is 1.